The van der Waals surface area contributed by atoms with Gasteiger partial charge in [-0.25, -0.2) is 0 Å². The predicted molar refractivity (Wildman–Crippen MR) is 79.3 cm³/mol. The zero-order chi connectivity index (χ0) is 14.8. The zero-order valence-corrected chi connectivity index (χ0v) is 13.6. The Kier molecular flexibility index (Phi) is 7.98. The summed E-state index contributed by atoms with van der Waals surface area (Å²) >= 11 is 1.48. The van der Waals surface area contributed by atoms with Crippen LogP contribution in [0.25, 0.3) is 0 Å². The molecule has 0 saturated carbocycles. The maximum absolute atomic E-state index is 5.53. The molecule has 20 heavy (non-hydrogen) atoms. The Labute approximate surface area is 124 Å². The fourth-order valence-corrected chi connectivity index (χ4v) is 1.93. The van der Waals surface area contributed by atoms with Crippen LogP contribution in [0, 0.1) is 0 Å². The van der Waals surface area contributed by atoms with Gasteiger partial charge in [-0.3, -0.25) is 0 Å². The number of aromatic nitrogens is 2. The average Bonchev–Trinajstić information content (AvgIpc) is 2.82. The first-order valence-corrected chi connectivity index (χ1v) is 7.60. The molecule has 0 saturated heterocycles. The highest BCUT2D eigenvalue weighted by molar-refractivity contribution is 7.13. The van der Waals surface area contributed by atoms with Gasteiger partial charge in [0, 0.05) is 25.7 Å². The molecule has 1 aromatic heterocycles. The largest absolute Gasteiger partial charge is 0.469 e. The van der Waals surface area contributed by atoms with E-state index in [0.29, 0.717) is 38.2 Å². The number of hydrogen-bond donors (Lipinski definition) is 1. The first kappa shape index (κ1) is 17.3. The molecule has 1 N–H and O–H groups in total. The number of rotatable bonds is 10. The lowest BCUT2D eigenvalue weighted by atomic mass is 10.1. The summed E-state index contributed by atoms with van der Waals surface area (Å²) in [5.41, 5.74) is 0.0756. The molecule has 0 bridgehead atoms. The lowest BCUT2D eigenvalue weighted by Gasteiger charge is -2.19. The Morgan fingerprint density at radius 1 is 1.10 bits per heavy atom. The summed E-state index contributed by atoms with van der Waals surface area (Å²) in [6, 6.07) is 0. The Morgan fingerprint density at radius 2 is 1.90 bits per heavy atom. The molecule has 0 amide bonds. The van der Waals surface area contributed by atoms with Gasteiger partial charge in [-0.2, -0.15) is 0 Å². The molecule has 7 heteroatoms. The van der Waals surface area contributed by atoms with E-state index in [-0.39, 0.29) is 5.54 Å². The van der Waals surface area contributed by atoms with Crippen molar-refractivity contribution in [3.05, 3.63) is 5.01 Å². The summed E-state index contributed by atoms with van der Waals surface area (Å²) in [6.45, 7) is 9.58. The van der Waals surface area contributed by atoms with Crippen LogP contribution in [0.4, 0.5) is 0 Å². The highest BCUT2D eigenvalue weighted by atomic mass is 32.1. The van der Waals surface area contributed by atoms with Gasteiger partial charge < -0.3 is 19.5 Å². The van der Waals surface area contributed by atoms with Crippen LogP contribution in [0.1, 0.15) is 32.2 Å². The summed E-state index contributed by atoms with van der Waals surface area (Å²) in [6.07, 6.45) is 0.832. The van der Waals surface area contributed by atoms with Crippen LogP contribution < -0.4 is 10.1 Å². The van der Waals surface area contributed by atoms with Crippen molar-refractivity contribution in [2.45, 2.75) is 39.3 Å². The topological polar surface area (TPSA) is 65.5 Å². The molecule has 1 rings (SSSR count). The van der Waals surface area contributed by atoms with E-state index in [0.717, 1.165) is 11.4 Å². The van der Waals surface area contributed by atoms with E-state index in [1.807, 2.05) is 0 Å². The van der Waals surface area contributed by atoms with Gasteiger partial charge in [0.1, 0.15) is 5.01 Å². The monoisotopic (exact) mass is 303 g/mol. The molecule has 0 fully saturated rings. The van der Waals surface area contributed by atoms with E-state index in [1.165, 1.54) is 11.3 Å². The van der Waals surface area contributed by atoms with Gasteiger partial charge in [-0.05, 0) is 20.8 Å². The Morgan fingerprint density at radius 3 is 2.60 bits per heavy atom. The minimum atomic E-state index is 0.0756. The van der Waals surface area contributed by atoms with Crippen molar-refractivity contribution in [1.29, 1.82) is 0 Å². The molecule has 1 aromatic rings. The Balaban J connectivity index is 2.11. The van der Waals surface area contributed by atoms with Crippen molar-refractivity contribution >= 4 is 11.3 Å². The molecule has 6 nitrogen and oxygen atoms in total. The molecule has 0 aliphatic rings. The summed E-state index contributed by atoms with van der Waals surface area (Å²) in [5, 5.41) is 13.0. The molecule has 0 aromatic carbocycles. The van der Waals surface area contributed by atoms with Crippen LogP contribution in [-0.4, -0.2) is 49.3 Å². The maximum atomic E-state index is 5.53. The van der Waals surface area contributed by atoms with Crippen molar-refractivity contribution in [3.8, 4) is 5.19 Å². The summed E-state index contributed by atoms with van der Waals surface area (Å²) in [4.78, 5) is 0. The minimum Gasteiger partial charge on any atom is -0.469 e. The van der Waals surface area contributed by atoms with Gasteiger partial charge in [0.15, 0.2) is 0 Å². The van der Waals surface area contributed by atoms with Gasteiger partial charge in [0.25, 0.3) is 5.19 Å². The molecule has 0 aliphatic carbocycles. The molecular weight excluding hydrogens is 278 g/mol. The average molecular weight is 303 g/mol. The molecule has 0 aliphatic heterocycles. The number of nitrogens with zero attached hydrogens (tertiary/aromatic N) is 2. The third-order valence-corrected chi connectivity index (χ3v) is 3.14. The Hall–Kier alpha value is -0.760. The van der Waals surface area contributed by atoms with E-state index in [4.69, 9.17) is 14.2 Å². The van der Waals surface area contributed by atoms with E-state index in [2.05, 4.69) is 36.3 Å². The maximum Gasteiger partial charge on any atom is 0.294 e. The molecule has 1 heterocycles. The van der Waals surface area contributed by atoms with E-state index < -0.39 is 0 Å². The molecule has 0 unspecified atom stereocenters. The Bertz CT molecular complexity index is 366. The van der Waals surface area contributed by atoms with E-state index in [9.17, 15) is 0 Å². The number of ether oxygens (including phenoxy) is 3. The van der Waals surface area contributed by atoms with Crippen LogP contribution in [0.3, 0.4) is 0 Å². The number of nitrogens with one attached hydrogen (secondary N) is 1. The second kappa shape index (κ2) is 9.23. The highest BCUT2D eigenvalue weighted by Gasteiger charge is 2.11. The van der Waals surface area contributed by atoms with Crippen molar-refractivity contribution in [3.63, 3.8) is 0 Å². The van der Waals surface area contributed by atoms with Crippen LogP contribution in [0.2, 0.25) is 0 Å². The predicted octanol–water partition coefficient (Wildman–Crippen LogP) is 1.86. The lowest BCUT2D eigenvalue weighted by Crippen LogP contribution is -2.35. The summed E-state index contributed by atoms with van der Waals surface area (Å²) in [5.74, 6) is 0. The van der Waals surface area contributed by atoms with Crippen molar-refractivity contribution < 1.29 is 14.2 Å². The van der Waals surface area contributed by atoms with Crippen molar-refractivity contribution in [1.82, 2.24) is 15.5 Å². The molecule has 0 spiro atoms. The summed E-state index contributed by atoms with van der Waals surface area (Å²) in [7, 11) is 1.66. The number of hydrogen-bond acceptors (Lipinski definition) is 7. The first-order chi connectivity index (χ1) is 9.51. The standard InChI is InChI=1S/C13H25N3O3S/c1-13(2,3)14-10-11-15-16-12(20-11)19-7-5-6-18-9-8-17-4/h14H,5-10H2,1-4H3. The fraction of sp³-hybridized carbons (Fsp3) is 0.846. The minimum absolute atomic E-state index is 0.0756. The quantitative estimate of drug-likeness (QED) is 0.666. The first-order valence-electron chi connectivity index (χ1n) is 6.78. The van der Waals surface area contributed by atoms with Gasteiger partial charge in [0.05, 0.1) is 26.4 Å². The third-order valence-electron chi connectivity index (χ3n) is 2.31. The van der Waals surface area contributed by atoms with Crippen LogP contribution in [-0.2, 0) is 16.0 Å². The zero-order valence-electron chi connectivity index (χ0n) is 12.8. The fourth-order valence-electron chi connectivity index (χ4n) is 1.27. The van der Waals surface area contributed by atoms with Gasteiger partial charge >= 0.3 is 0 Å². The molecule has 0 atom stereocenters. The van der Waals surface area contributed by atoms with Gasteiger partial charge in [-0.1, -0.05) is 11.3 Å². The SMILES string of the molecule is COCCOCCCOc1nnc(CNC(C)(C)C)s1. The van der Waals surface area contributed by atoms with Gasteiger partial charge in [-0.15, -0.1) is 10.2 Å². The highest BCUT2D eigenvalue weighted by Crippen LogP contribution is 2.18. The van der Waals surface area contributed by atoms with Crippen LogP contribution >= 0.6 is 11.3 Å². The second-order valence-corrected chi connectivity index (χ2v) is 6.40. The summed E-state index contributed by atoms with van der Waals surface area (Å²) < 4.78 is 15.8. The van der Waals surface area contributed by atoms with Crippen molar-refractivity contribution in [2.24, 2.45) is 0 Å². The van der Waals surface area contributed by atoms with E-state index in [1.54, 1.807) is 7.11 Å². The van der Waals surface area contributed by atoms with E-state index >= 15 is 0 Å². The van der Waals surface area contributed by atoms with Crippen LogP contribution in [0.15, 0.2) is 0 Å². The molecule has 0 radical (unpaired) electrons. The molecule has 116 valence electrons. The second-order valence-electron chi connectivity index (χ2n) is 5.37. The van der Waals surface area contributed by atoms with Crippen LogP contribution in [0.5, 0.6) is 5.19 Å². The normalized spacial score (nSPS) is 11.8. The number of methoxy groups -OCH3 is 1. The smallest absolute Gasteiger partial charge is 0.294 e. The third kappa shape index (κ3) is 8.42. The molecular formula is C13H25N3O3S. The lowest BCUT2D eigenvalue weighted by molar-refractivity contribution is 0.0644. The van der Waals surface area contributed by atoms with Gasteiger partial charge in [0.2, 0.25) is 0 Å². The van der Waals surface area contributed by atoms with Crippen molar-refractivity contribution in [2.75, 3.05) is 33.5 Å².